The molecular weight excluding hydrogens is 252 g/mol. The first-order valence-electron chi connectivity index (χ1n) is 5.79. The van der Waals surface area contributed by atoms with Crippen LogP contribution in [0.15, 0.2) is 29.2 Å². The van der Waals surface area contributed by atoms with Crippen LogP contribution >= 0.6 is 0 Å². The lowest BCUT2D eigenvalue weighted by Crippen LogP contribution is -2.38. The van der Waals surface area contributed by atoms with Gasteiger partial charge in [0.2, 0.25) is 0 Å². The van der Waals surface area contributed by atoms with Crippen molar-refractivity contribution in [1.82, 2.24) is 4.31 Å². The number of rotatable bonds is 5. The number of benzene rings is 1. The summed E-state index contributed by atoms with van der Waals surface area (Å²) >= 11 is 0. The SMILES string of the molecule is CC(C)N(C(C)C)S(=O)c1ccc([N+](=O)[O-])cc1. The molecule has 0 amide bonds. The van der Waals surface area contributed by atoms with Gasteiger partial charge >= 0.3 is 0 Å². The highest BCUT2D eigenvalue weighted by molar-refractivity contribution is 7.82. The van der Waals surface area contributed by atoms with Gasteiger partial charge in [-0.25, -0.2) is 8.51 Å². The minimum absolute atomic E-state index is 0.0105. The smallest absolute Gasteiger partial charge is 0.258 e. The molecule has 0 saturated heterocycles. The number of nitrogens with zero attached hydrogens (tertiary/aromatic N) is 2. The molecule has 0 fully saturated rings. The number of hydrogen-bond acceptors (Lipinski definition) is 3. The number of hydrogen-bond donors (Lipinski definition) is 0. The van der Waals surface area contributed by atoms with Crippen molar-refractivity contribution in [2.24, 2.45) is 0 Å². The fourth-order valence-corrected chi connectivity index (χ4v) is 3.16. The first kappa shape index (κ1) is 14.8. The van der Waals surface area contributed by atoms with E-state index in [1.807, 2.05) is 32.0 Å². The van der Waals surface area contributed by atoms with Gasteiger partial charge in [0.05, 0.1) is 9.82 Å². The third kappa shape index (κ3) is 3.36. The zero-order valence-corrected chi connectivity index (χ0v) is 11.8. The average molecular weight is 270 g/mol. The zero-order chi connectivity index (χ0) is 13.9. The molecule has 1 aromatic rings. The van der Waals surface area contributed by atoms with Crippen molar-refractivity contribution in [3.8, 4) is 0 Å². The quantitative estimate of drug-likeness (QED) is 0.610. The molecule has 0 radical (unpaired) electrons. The molecule has 5 nitrogen and oxygen atoms in total. The van der Waals surface area contributed by atoms with E-state index in [9.17, 15) is 14.3 Å². The Hall–Kier alpha value is -1.27. The highest BCUT2D eigenvalue weighted by Gasteiger charge is 2.21. The van der Waals surface area contributed by atoms with Crippen LogP contribution in [-0.2, 0) is 11.0 Å². The van der Waals surface area contributed by atoms with Gasteiger partial charge in [-0.1, -0.05) is 0 Å². The van der Waals surface area contributed by atoms with E-state index >= 15 is 0 Å². The van der Waals surface area contributed by atoms with Crippen LogP contribution in [-0.4, -0.2) is 25.5 Å². The lowest BCUT2D eigenvalue weighted by Gasteiger charge is -2.28. The maximum absolute atomic E-state index is 12.4. The Morgan fingerprint density at radius 1 is 1.11 bits per heavy atom. The first-order chi connectivity index (χ1) is 8.34. The molecule has 1 rings (SSSR count). The molecule has 0 bridgehead atoms. The highest BCUT2D eigenvalue weighted by atomic mass is 32.2. The lowest BCUT2D eigenvalue weighted by molar-refractivity contribution is -0.384. The Kier molecular flexibility index (Phi) is 4.98. The first-order valence-corrected chi connectivity index (χ1v) is 6.90. The summed E-state index contributed by atoms with van der Waals surface area (Å²) in [6, 6.07) is 6.14. The Labute approximate surface area is 110 Å². The van der Waals surface area contributed by atoms with Crippen LogP contribution in [0.1, 0.15) is 27.7 Å². The minimum Gasteiger partial charge on any atom is -0.258 e. The Morgan fingerprint density at radius 3 is 1.89 bits per heavy atom. The van der Waals surface area contributed by atoms with E-state index in [2.05, 4.69) is 0 Å². The van der Waals surface area contributed by atoms with Gasteiger partial charge in [0.25, 0.3) is 5.69 Å². The molecule has 18 heavy (non-hydrogen) atoms. The van der Waals surface area contributed by atoms with Gasteiger partial charge in [-0.2, -0.15) is 0 Å². The van der Waals surface area contributed by atoms with Crippen molar-refractivity contribution in [3.05, 3.63) is 34.4 Å². The molecule has 0 heterocycles. The van der Waals surface area contributed by atoms with Crippen LogP contribution in [0.25, 0.3) is 0 Å². The molecule has 1 aromatic carbocycles. The Bertz CT molecular complexity index is 435. The highest BCUT2D eigenvalue weighted by Crippen LogP contribution is 2.19. The van der Waals surface area contributed by atoms with E-state index in [-0.39, 0.29) is 17.8 Å². The second-order valence-electron chi connectivity index (χ2n) is 4.55. The van der Waals surface area contributed by atoms with Crippen LogP contribution in [0.5, 0.6) is 0 Å². The minimum atomic E-state index is -1.29. The van der Waals surface area contributed by atoms with Crippen LogP contribution in [0.2, 0.25) is 0 Å². The normalized spacial score (nSPS) is 13.3. The summed E-state index contributed by atoms with van der Waals surface area (Å²) in [4.78, 5) is 10.7. The summed E-state index contributed by atoms with van der Waals surface area (Å²) in [6.07, 6.45) is 0. The summed E-state index contributed by atoms with van der Waals surface area (Å²) in [5.74, 6) is 0. The maximum atomic E-state index is 12.4. The molecule has 0 aliphatic carbocycles. The molecule has 0 saturated carbocycles. The van der Waals surface area contributed by atoms with Crippen molar-refractivity contribution in [2.45, 2.75) is 44.7 Å². The monoisotopic (exact) mass is 270 g/mol. The molecule has 0 spiro atoms. The topological polar surface area (TPSA) is 63.5 Å². The van der Waals surface area contributed by atoms with Gasteiger partial charge < -0.3 is 0 Å². The summed E-state index contributed by atoms with van der Waals surface area (Å²) in [6.45, 7) is 7.90. The molecule has 0 aliphatic rings. The zero-order valence-electron chi connectivity index (χ0n) is 11.0. The second kappa shape index (κ2) is 6.06. The van der Waals surface area contributed by atoms with E-state index in [1.54, 1.807) is 12.1 Å². The summed E-state index contributed by atoms with van der Waals surface area (Å²) in [7, 11) is -1.29. The third-order valence-electron chi connectivity index (χ3n) is 2.46. The van der Waals surface area contributed by atoms with Crippen molar-refractivity contribution in [3.63, 3.8) is 0 Å². The van der Waals surface area contributed by atoms with Crippen molar-refractivity contribution in [2.75, 3.05) is 0 Å². The third-order valence-corrected chi connectivity index (χ3v) is 4.36. The van der Waals surface area contributed by atoms with Crippen molar-refractivity contribution >= 4 is 16.7 Å². The fourth-order valence-electron chi connectivity index (χ4n) is 1.79. The standard InChI is InChI=1S/C12H18N2O3S/c1-9(2)13(10(3)4)18(17)12-7-5-11(6-8-12)14(15)16/h5-10H,1-4H3. The molecule has 100 valence electrons. The molecule has 1 atom stereocenters. The molecule has 1 unspecified atom stereocenters. The Balaban J connectivity index is 2.99. The van der Waals surface area contributed by atoms with Gasteiger partial charge in [-0.3, -0.25) is 10.1 Å². The van der Waals surface area contributed by atoms with E-state index < -0.39 is 15.9 Å². The van der Waals surface area contributed by atoms with E-state index in [0.717, 1.165) is 0 Å². The average Bonchev–Trinajstić information content (AvgIpc) is 2.28. The van der Waals surface area contributed by atoms with Crippen LogP contribution in [0.4, 0.5) is 5.69 Å². The van der Waals surface area contributed by atoms with E-state index in [0.29, 0.717) is 4.90 Å². The number of nitro benzene ring substituents is 1. The number of nitro groups is 1. The van der Waals surface area contributed by atoms with E-state index in [1.165, 1.54) is 12.1 Å². The largest absolute Gasteiger partial charge is 0.269 e. The van der Waals surface area contributed by atoms with Gasteiger partial charge in [0, 0.05) is 24.2 Å². The Morgan fingerprint density at radius 2 is 1.56 bits per heavy atom. The van der Waals surface area contributed by atoms with Crippen LogP contribution < -0.4 is 0 Å². The fraction of sp³-hybridized carbons (Fsp3) is 0.500. The predicted molar refractivity (Wildman–Crippen MR) is 71.6 cm³/mol. The van der Waals surface area contributed by atoms with Crippen molar-refractivity contribution < 1.29 is 9.13 Å². The molecular formula is C12H18N2O3S. The van der Waals surface area contributed by atoms with E-state index in [4.69, 9.17) is 0 Å². The molecule has 0 aliphatic heterocycles. The van der Waals surface area contributed by atoms with Gasteiger partial charge in [-0.05, 0) is 39.8 Å². The second-order valence-corrected chi connectivity index (χ2v) is 5.94. The maximum Gasteiger partial charge on any atom is 0.269 e. The van der Waals surface area contributed by atoms with Gasteiger partial charge in [-0.15, -0.1) is 0 Å². The summed E-state index contributed by atoms with van der Waals surface area (Å²) in [5.41, 5.74) is 0.0105. The summed E-state index contributed by atoms with van der Waals surface area (Å²) in [5, 5.41) is 10.6. The molecule has 6 heteroatoms. The van der Waals surface area contributed by atoms with Crippen LogP contribution in [0, 0.1) is 10.1 Å². The molecule has 0 aromatic heterocycles. The summed E-state index contributed by atoms with van der Waals surface area (Å²) < 4.78 is 14.2. The lowest BCUT2D eigenvalue weighted by atomic mass is 10.3. The van der Waals surface area contributed by atoms with Gasteiger partial charge in [0.15, 0.2) is 0 Å². The van der Waals surface area contributed by atoms with Gasteiger partial charge in [0.1, 0.15) is 11.0 Å². The van der Waals surface area contributed by atoms with Crippen LogP contribution in [0.3, 0.4) is 0 Å². The number of non-ortho nitro benzene ring substituents is 1. The molecule has 0 N–H and O–H groups in total. The predicted octanol–water partition coefficient (Wildman–Crippen LogP) is 2.74. The van der Waals surface area contributed by atoms with Crippen molar-refractivity contribution in [1.29, 1.82) is 0 Å².